The first-order valence-electron chi connectivity index (χ1n) is 6.98. The molecule has 1 heterocycles. The Bertz CT molecular complexity index is 980. The normalized spacial score (nSPS) is 11.2. The number of rotatable bonds is 4. The molecule has 0 unspecified atom stereocenters. The van der Waals surface area contributed by atoms with Gasteiger partial charge in [-0.25, -0.2) is 18.2 Å². The van der Waals surface area contributed by atoms with Crippen LogP contribution in [0.3, 0.4) is 0 Å². The van der Waals surface area contributed by atoms with E-state index in [4.69, 9.17) is 0 Å². The summed E-state index contributed by atoms with van der Waals surface area (Å²) in [5, 5.41) is 5.39. The number of aromatic amines is 1. The number of aromatic nitrogens is 2. The molecule has 3 rings (SSSR count). The van der Waals surface area contributed by atoms with Gasteiger partial charge in [0, 0.05) is 17.1 Å². The van der Waals surface area contributed by atoms with Crippen LogP contribution in [0.2, 0.25) is 0 Å². The van der Waals surface area contributed by atoms with Gasteiger partial charge in [-0.15, -0.1) is 0 Å². The lowest BCUT2D eigenvalue weighted by molar-refractivity contribution is 0.262. The number of urea groups is 1. The average Bonchev–Trinajstić information content (AvgIpc) is 2.95. The number of carbonyl (C=O) groups is 1. The molecule has 0 aliphatic rings. The van der Waals surface area contributed by atoms with E-state index in [-0.39, 0.29) is 0 Å². The summed E-state index contributed by atoms with van der Waals surface area (Å²) in [4.78, 5) is 19.1. The van der Waals surface area contributed by atoms with Gasteiger partial charge in [0.1, 0.15) is 0 Å². The largest absolute Gasteiger partial charge is 0.345 e. The zero-order valence-electron chi connectivity index (χ0n) is 12.7. The molecule has 0 aliphatic carbocycles. The van der Waals surface area contributed by atoms with Gasteiger partial charge in [0.2, 0.25) is 10.0 Å². The number of fused-ring (bicyclic) bond motifs is 1. The van der Waals surface area contributed by atoms with Gasteiger partial charge in [-0.3, -0.25) is 4.72 Å². The highest BCUT2D eigenvalue weighted by atomic mass is 32.2. The Kier molecular flexibility index (Phi) is 4.09. The molecule has 0 saturated carbocycles. The average molecular weight is 345 g/mol. The third kappa shape index (κ3) is 4.02. The van der Waals surface area contributed by atoms with E-state index in [1.807, 2.05) is 0 Å². The van der Waals surface area contributed by atoms with Crippen molar-refractivity contribution in [1.29, 1.82) is 0 Å². The van der Waals surface area contributed by atoms with E-state index in [1.54, 1.807) is 48.8 Å². The lowest BCUT2D eigenvalue weighted by Crippen LogP contribution is -2.19. The van der Waals surface area contributed by atoms with Crippen LogP contribution in [0.4, 0.5) is 21.9 Å². The lowest BCUT2D eigenvalue weighted by Gasteiger charge is -2.09. The maximum atomic E-state index is 12.0. The highest BCUT2D eigenvalue weighted by Crippen LogP contribution is 2.17. The number of imidazole rings is 1. The molecule has 0 aliphatic heterocycles. The molecule has 8 nitrogen and oxygen atoms in total. The van der Waals surface area contributed by atoms with E-state index >= 15 is 0 Å². The van der Waals surface area contributed by atoms with Gasteiger partial charge in [-0.1, -0.05) is 0 Å². The van der Waals surface area contributed by atoms with Crippen LogP contribution in [0, 0.1) is 0 Å². The van der Waals surface area contributed by atoms with Gasteiger partial charge in [-0.05, 0) is 42.5 Å². The fraction of sp³-hybridized carbons (Fsp3) is 0.0667. The van der Waals surface area contributed by atoms with Crippen molar-refractivity contribution >= 4 is 44.1 Å². The molecule has 0 fully saturated rings. The Morgan fingerprint density at radius 1 is 1.00 bits per heavy atom. The van der Waals surface area contributed by atoms with Crippen LogP contribution < -0.4 is 15.4 Å². The summed E-state index contributed by atoms with van der Waals surface area (Å²) in [6.45, 7) is 0. The van der Waals surface area contributed by atoms with E-state index in [0.717, 1.165) is 17.3 Å². The maximum Gasteiger partial charge on any atom is 0.323 e. The van der Waals surface area contributed by atoms with Gasteiger partial charge in [0.15, 0.2) is 0 Å². The summed E-state index contributed by atoms with van der Waals surface area (Å²) in [6, 6.07) is 11.3. The Balaban J connectivity index is 1.63. The third-order valence-electron chi connectivity index (χ3n) is 3.12. The highest BCUT2D eigenvalue weighted by Gasteiger charge is 2.06. The van der Waals surface area contributed by atoms with Crippen molar-refractivity contribution in [2.24, 2.45) is 0 Å². The van der Waals surface area contributed by atoms with Gasteiger partial charge in [0.25, 0.3) is 0 Å². The molecule has 0 atom stereocenters. The number of anilines is 3. The first kappa shape index (κ1) is 15.8. The predicted molar refractivity (Wildman–Crippen MR) is 93.6 cm³/mol. The summed E-state index contributed by atoms with van der Waals surface area (Å²) in [7, 11) is -3.32. The van der Waals surface area contributed by atoms with Crippen LogP contribution in [0.25, 0.3) is 11.0 Å². The molecule has 0 spiro atoms. The molecule has 2 aromatic carbocycles. The molecule has 3 aromatic rings. The number of benzene rings is 2. The van der Waals surface area contributed by atoms with E-state index in [0.29, 0.717) is 17.1 Å². The van der Waals surface area contributed by atoms with Crippen LogP contribution in [-0.4, -0.2) is 30.7 Å². The molecular formula is C15H15N5O3S. The predicted octanol–water partition coefficient (Wildman–Crippen LogP) is 2.58. The second-order valence-corrected chi connectivity index (χ2v) is 6.91. The fourth-order valence-corrected chi connectivity index (χ4v) is 2.71. The Labute approximate surface area is 138 Å². The summed E-state index contributed by atoms with van der Waals surface area (Å²) in [6.07, 6.45) is 2.66. The molecule has 24 heavy (non-hydrogen) atoms. The zero-order valence-corrected chi connectivity index (χ0v) is 13.5. The van der Waals surface area contributed by atoms with Crippen molar-refractivity contribution in [2.75, 3.05) is 21.6 Å². The molecule has 0 bridgehead atoms. The van der Waals surface area contributed by atoms with E-state index < -0.39 is 16.1 Å². The molecule has 9 heteroatoms. The molecule has 4 N–H and O–H groups in total. The second-order valence-electron chi connectivity index (χ2n) is 5.17. The Morgan fingerprint density at radius 3 is 2.33 bits per heavy atom. The summed E-state index contributed by atoms with van der Waals surface area (Å²) < 4.78 is 24.6. The second kappa shape index (κ2) is 6.20. The van der Waals surface area contributed by atoms with Gasteiger partial charge in [-0.2, -0.15) is 0 Å². The van der Waals surface area contributed by atoms with Crippen LogP contribution in [-0.2, 0) is 10.0 Å². The molecule has 0 radical (unpaired) electrons. The van der Waals surface area contributed by atoms with Crippen molar-refractivity contribution < 1.29 is 13.2 Å². The van der Waals surface area contributed by atoms with Crippen molar-refractivity contribution in [3.8, 4) is 0 Å². The van der Waals surface area contributed by atoms with Crippen molar-refractivity contribution in [1.82, 2.24) is 9.97 Å². The minimum atomic E-state index is -3.32. The minimum absolute atomic E-state index is 0.405. The van der Waals surface area contributed by atoms with Crippen molar-refractivity contribution in [2.45, 2.75) is 0 Å². The maximum absolute atomic E-state index is 12.0. The van der Waals surface area contributed by atoms with E-state index in [1.165, 1.54) is 0 Å². The summed E-state index contributed by atoms with van der Waals surface area (Å²) in [5.74, 6) is 0. The molecular weight excluding hydrogens is 330 g/mol. The summed E-state index contributed by atoms with van der Waals surface area (Å²) >= 11 is 0. The smallest absolute Gasteiger partial charge is 0.323 e. The van der Waals surface area contributed by atoms with Crippen LogP contribution in [0.15, 0.2) is 48.8 Å². The number of nitrogens with one attached hydrogen (secondary N) is 4. The van der Waals surface area contributed by atoms with Gasteiger partial charge >= 0.3 is 6.03 Å². The van der Waals surface area contributed by atoms with E-state index in [9.17, 15) is 13.2 Å². The van der Waals surface area contributed by atoms with Gasteiger partial charge in [0.05, 0.1) is 23.6 Å². The SMILES string of the molecule is CS(=O)(=O)Nc1ccc(NC(=O)Nc2ccc3nc[nH]c3c2)cc1. The lowest BCUT2D eigenvalue weighted by atomic mass is 10.2. The topological polar surface area (TPSA) is 116 Å². The van der Waals surface area contributed by atoms with Crippen LogP contribution >= 0.6 is 0 Å². The third-order valence-corrected chi connectivity index (χ3v) is 3.73. The van der Waals surface area contributed by atoms with Crippen LogP contribution in [0.1, 0.15) is 0 Å². The highest BCUT2D eigenvalue weighted by molar-refractivity contribution is 7.92. The summed E-state index contributed by atoms with van der Waals surface area (Å²) in [5.41, 5.74) is 3.22. The first-order valence-corrected chi connectivity index (χ1v) is 8.87. The molecule has 124 valence electrons. The molecule has 0 saturated heterocycles. The Morgan fingerprint density at radius 2 is 1.62 bits per heavy atom. The molecule has 2 amide bonds. The monoisotopic (exact) mass is 345 g/mol. The number of hydrogen-bond acceptors (Lipinski definition) is 4. The van der Waals surface area contributed by atoms with Gasteiger partial charge < -0.3 is 15.6 Å². The standard InChI is InChI=1S/C15H15N5O3S/c1-24(22,23)20-11-4-2-10(3-5-11)18-15(21)19-12-6-7-13-14(8-12)17-9-16-13/h2-9,20H,1H3,(H,16,17)(H2,18,19,21). The first-order chi connectivity index (χ1) is 11.4. The number of hydrogen-bond donors (Lipinski definition) is 4. The zero-order chi connectivity index (χ0) is 17.2. The number of nitrogens with zero attached hydrogens (tertiary/aromatic N) is 1. The number of carbonyl (C=O) groups excluding carboxylic acids is 1. The van der Waals surface area contributed by atoms with Crippen molar-refractivity contribution in [3.63, 3.8) is 0 Å². The van der Waals surface area contributed by atoms with E-state index in [2.05, 4.69) is 25.3 Å². The van der Waals surface area contributed by atoms with Crippen LogP contribution in [0.5, 0.6) is 0 Å². The Hall–Kier alpha value is -3.07. The minimum Gasteiger partial charge on any atom is -0.345 e. The number of sulfonamides is 1. The molecule has 1 aromatic heterocycles. The van der Waals surface area contributed by atoms with Crippen molar-refractivity contribution in [3.05, 3.63) is 48.8 Å². The number of H-pyrrole nitrogens is 1. The number of amides is 2. The fourth-order valence-electron chi connectivity index (χ4n) is 2.14. The quantitative estimate of drug-likeness (QED) is 0.581.